The summed E-state index contributed by atoms with van der Waals surface area (Å²) in [4.78, 5) is 0. The monoisotopic (exact) mass is 255 g/mol. The summed E-state index contributed by atoms with van der Waals surface area (Å²) in [5.74, 6) is 0. The highest BCUT2D eigenvalue weighted by Crippen LogP contribution is 2.21. The number of rotatable bonds is 2. The van der Waals surface area contributed by atoms with E-state index in [4.69, 9.17) is 11.6 Å². The van der Waals surface area contributed by atoms with Gasteiger partial charge in [0.25, 0.3) is 0 Å². The fraction of sp³-hybridized carbons (Fsp3) is 0.125. The molecule has 1 heterocycles. The lowest BCUT2D eigenvalue weighted by Crippen LogP contribution is -1.97. The van der Waals surface area contributed by atoms with E-state index in [-0.39, 0.29) is 0 Å². The van der Waals surface area contributed by atoms with Crippen molar-refractivity contribution in [2.24, 2.45) is 0 Å². The van der Waals surface area contributed by atoms with E-state index in [2.05, 4.69) is 54.1 Å². The van der Waals surface area contributed by atoms with Crippen LogP contribution in [0.2, 0.25) is 5.02 Å². The molecule has 3 rings (SSSR count). The van der Waals surface area contributed by atoms with Gasteiger partial charge in [0.15, 0.2) is 0 Å². The molecule has 0 fully saturated rings. The van der Waals surface area contributed by atoms with E-state index in [9.17, 15) is 0 Å². The molecule has 0 unspecified atom stereocenters. The van der Waals surface area contributed by atoms with Crippen molar-refractivity contribution in [1.82, 2.24) is 4.57 Å². The molecule has 2 heteroatoms. The Morgan fingerprint density at radius 1 is 1.06 bits per heavy atom. The standard InChI is InChI=1S/C16H14ClN/c1-12-3-2-4-13(9-12)11-18-8-7-14-10-15(17)5-6-16(14)18/h2-10H,11H2,1H3. The Morgan fingerprint density at radius 3 is 2.78 bits per heavy atom. The van der Waals surface area contributed by atoms with Gasteiger partial charge >= 0.3 is 0 Å². The number of hydrogen-bond acceptors (Lipinski definition) is 0. The minimum atomic E-state index is 0.788. The van der Waals surface area contributed by atoms with Gasteiger partial charge < -0.3 is 4.57 Å². The Morgan fingerprint density at radius 2 is 1.94 bits per heavy atom. The second kappa shape index (κ2) is 4.51. The highest BCUT2D eigenvalue weighted by atomic mass is 35.5. The molecule has 18 heavy (non-hydrogen) atoms. The van der Waals surface area contributed by atoms with Gasteiger partial charge in [0, 0.05) is 28.7 Å². The fourth-order valence-corrected chi connectivity index (χ4v) is 2.50. The molecule has 0 saturated carbocycles. The van der Waals surface area contributed by atoms with Crippen LogP contribution in [0.1, 0.15) is 11.1 Å². The van der Waals surface area contributed by atoms with Crippen LogP contribution in [0.15, 0.2) is 54.7 Å². The zero-order valence-electron chi connectivity index (χ0n) is 10.2. The SMILES string of the molecule is Cc1cccc(Cn2ccc3cc(Cl)ccc32)c1. The van der Waals surface area contributed by atoms with Crippen LogP contribution in [-0.2, 0) is 6.54 Å². The summed E-state index contributed by atoms with van der Waals surface area (Å²) < 4.78 is 2.25. The van der Waals surface area contributed by atoms with Gasteiger partial charge in [-0.3, -0.25) is 0 Å². The summed E-state index contributed by atoms with van der Waals surface area (Å²) in [5, 5.41) is 1.98. The molecule has 0 amide bonds. The van der Waals surface area contributed by atoms with Crippen molar-refractivity contribution in [1.29, 1.82) is 0 Å². The lowest BCUT2D eigenvalue weighted by molar-refractivity contribution is 0.836. The lowest BCUT2D eigenvalue weighted by atomic mass is 10.1. The second-order valence-corrected chi connectivity index (χ2v) is 5.07. The molecule has 0 bridgehead atoms. The number of hydrogen-bond donors (Lipinski definition) is 0. The van der Waals surface area contributed by atoms with Crippen LogP contribution >= 0.6 is 11.6 Å². The number of aromatic nitrogens is 1. The quantitative estimate of drug-likeness (QED) is 0.628. The minimum Gasteiger partial charge on any atom is -0.343 e. The first-order valence-electron chi connectivity index (χ1n) is 6.02. The molecule has 0 aliphatic rings. The maximum absolute atomic E-state index is 6.00. The van der Waals surface area contributed by atoms with Crippen LogP contribution in [0.4, 0.5) is 0 Å². The third-order valence-corrected chi connectivity index (χ3v) is 3.40. The molecule has 2 aromatic carbocycles. The topological polar surface area (TPSA) is 4.93 Å². The van der Waals surface area contributed by atoms with Crippen LogP contribution < -0.4 is 0 Å². The molecule has 0 radical (unpaired) electrons. The molecule has 0 aliphatic heterocycles. The van der Waals surface area contributed by atoms with Gasteiger partial charge in [-0.25, -0.2) is 0 Å². The molecule has 0 spiro atoms. The van der Waals surface area contributed by atoms with Gasteiger partial charge in [-0.05, 0) is 36.8 Å². The molecule has 1 nitrogen and oxygen atoms in total. The van der Waals surface area contributed by atoms with Crippen molar-refractivity contribution in [3.63, 3.8) is 0 Å². The van der Waals surface area contributed by atoms with Gasteiger partial charge in [0.2, 0.25) is 0 Å². The molecule has 3 aromatic rings. The first kappa shape index (κ1) is 11.4. The smallest absolute Gasteiger partial charge is 0.0484 e. The fourth-order valence-electron chi connectivity index (χ4n) is 2.32. The van der Waals surface area contributed by atoms with E-state index < -0.39 is 0 Å². The van der Waals surface area contributed by atoms with E-state index in [0.29, 0.717) is 0 Å². The van der Waals surface area contributed by atoms with E-state index in [1.165, 1.54) is 22.0 Å². The Labute approximate surface area is 112 Å². The maximum atomic E-state index is 6.00. The molecular formula is C16H14ClN. The largest absolute Gasteiger partial charge is 0.343 e. The summed E-state index contributed by atoms with van der Waals surface area (Å²) in [6, 6.07) is 16.7. The van der Waals surface area contributed by atoms with E-state index in [0.717, 1.165) is 11.6 Å². The Kier molecular flexibility index (Phi) is 2.85. The summed E-state index contributed by atoms with van der Waals surface area (Å²) in [5.41, 5.74) is 3.84. The number of benzene rings is 2. The highest BCUT2D eigenvalue weighted by molar-refractivity contribution is 6.31. The van der Waals surface area contributed by atoms with Gasteiger partial charge in [0.05, 0.1) is 0 Å². The Hall–Kier alpha value is -1.73. The Balaban J connectivity index is 2.00. The number of aryl methyl sites for hydroxylation is 1. The van der Waals surface area contributed by atoms with Crippen molar-refractivity contribution >= 4 is 22.5 Å². The normalized spacial score (nSPS) is 11.0. The van der Waals surface area contributed by atoms with Crippen LogP contribution in [0, 0.1) is 6.92 Å². The summed E-state index contributed by atoms with van der Waals surface area (Å²) in [7, 11) is 0. The van der Waals surface area contributed by atoms with Crippen molar-refractivity contribution in [2.75, 3.05) is 0 Å². The number of nitrogens with zero attached hydrogens (tertiary/aromatic N) is 1. The van der Waals surface area contributed by atoms with Crippen molar-refractivity contribution in [3.8, 4) is 0 Å². The first-order chi connectivity index (χ1) is 8.72. The molecule has 0 aliphatic carbocycles. The average molecular weight is 256 g/mol. The first-order valence-corrected chi connectivity index (χ1v) is 6.40. The number of fused-ring (bicyclic) bond motifs is 1. The van der Waals surface area contributed by atoms with E-state index >= 15 is 0 Å². The Bertz CT molecular complexity index is 697. The van der Waals surface area contributed by atoms with Crippen LogP contribution in [0.5, 0.6) is 0 Å². The average Bonchev–Trinajstić information content (AvgIpc) is 2.72. The van der Waals surface area contributed by atoms with Gasteiger partial charge in [-0.15, -0.1) is 0 Å². The third kappa shape index (κ3) is 2.14. The summed E-state index contributed by atoms with van der Waals surface area (Å²) in [6.45, 7) is 3.02. The van der Waals surface area contributed by atoms with E-state index in [1.54, 1.807) is 0 Å². The van der Waals surface area contributed by atoms with Gasteiger partial charge in [-0.1, -0.05) is 41.4 Å². The third-order valence-electron chi connectivity index (χ3n) is 3.17. The summed E-state index contributed by atoms with van der Waals surface area (Å²) >= 11 is 6.00. The van der Waals surface area contributed by atoms with Crippen LogP contribution in [0.3, 0.4) is 0 Å². The molecule has 1 aromatic heterocycles. The number of halogens is 1. The molecule has 90 valence electrons. The lowest BCUT2D eigenvalue weighted by Gasteiger charge is -2.06. The highest BCUT2D eigenvalue weighted by Gasteiger charge is 2.02. The predicted molar refractivity (Wildman–Crippen MR) is 77.2 cm³/mol. The summed E-state index contributed by atoms with van der Waals surface area (Å²) in [6.07, 6.45) is 2.11. The van der Waals surface area contributed by atoms with Crippen LogP contribution in [-0.4, -0.2) is 4.57 Å². The van der Waals surface area contributed by atoms with E-state index in [1.807, 2.05) is 12.1 Å². The second-order valence-electron chi connectivity index (χ2n) is 4.64. The molecular weight excluding hydrogens is 242 g/mol. The molecule has 0 saturated heterocycles. The van der Waals surface area contributed by atoms with Gasteiger partial charge in [-0.2, -0.15) is 0 Å². The zero-order valence-corrected chi connectivity index (χ0v) is 11.0. The minimum absolute atomic E-state index is 0.788. The van der Waals surface area contributed by atoms with Gasteiger partial charge in [0.1, 0.15) is 0 Å². The predicted octanol–water partition coefficient (Wildman–Crippen LogP) is 4.65. The molecule has 0 atom stereocenters. The van der Waals surface area contributed by atoms with Crippen molar-refractivity contribution in [2.45, 2.75) is 13.5 Å². The van der Waals surface area contributed by atoms with Crippen molar-refractivity contribution < 1.29 is 0 Å². The van der Waals surface area contributed by atoms with Crippen molar-refractivity contribution in [3.05, 3.63) is 70.9 Å². The zero-order chi connectivity index (χ0) is 12.5. The maximum Gasteiger partial charge on any atom is 0.0484 e. The molecule has 0 N–H and O–H groups in total. The van der Waals surface area contributed by atoms with Crippen LogP contribution in [0.25, 0.3) is 10.9 Å².